The fourth-order valence-electron chi connectivity index (χ4n) is 1.61. The molecule has 0 heterocycles. The first-order valence-corrected chi connectivity index (χ1v) is 6.74. The molecule has 90 valence electrons. The number of nitrogens with zero attached hydrogens (tertiary/aromatic N) is 1. The summed E-state index contributed by atoms with van der Waals surface area (Å²) in [6, 6.07) is 4.97. The summed E-state index contributed by atoms with van der Waals surface area (Å²) in [5.74, 6) is 0. The van der Waals surface area contributed by atoms with Gasteiger partial charge in [0.1, 0.15) is 0 Å². The second kappa shape index (κ2) is 4.84. The van der Waals surface area contributed by atoms with Crippen LogP contribution in [0.3, 0.4) is 0 Å². The highest BCUT2D eigenvalue weighted by atomic mass is 32.2. The van der Waals surface area contributed by atoms with Gasteiger partial charge in [0.15, 0.2) is 0 Å². The molecule has 1 rings (SSSR count). The van der Waals surface area contributed by atoms with Gasteiger partial charge in [-0.1, -0.05) is 19.9 Å². The largest absolute Gasteiger partial charge is 0.398 e. The number of hydrogen-bond acceptors (Lipinski definition) is 3. The first kappa shape index (κ1) is 13.0. The number of anilines is 1. The van der Waals surface area contributed by atoms with E-state index in [0.29, 0.717) is 29.2 Å². The zero-order chi connectivity index (χ0) is 12.3. The fourth-order valence-corrected chi connectivity index (χ4v) is 3.33. The molecule has 0 radical (unpaired) electrons. The summed E-state index contributed by atoms with van der Waals surface area (Å²) in [4.78, 5) is 0.302. The van der Waals surface area contributed by atoms with Gasteiger partial charge in [-0.15, -0.1) is 0 Å². The number of benzene rings is 1. The van der Waals surface area contributed by atoms with Gasteiger partial charge in [0.25, 0.3) is 0 Å². The van der Waals surface area contributed by atoms with Gasteiger partial charge in [-0.3, -0.25) is 0 Å². The Bertz CT molecular complexity index is 465. The first-order valence-electron chi connectivity index (χ1n) is 5.30. The van der Waals surface area contributed by atoms with Gasteiger partial charge < -0.3 is 5.73 Å². The van der Waals surface area contributed by atoms with Crippen LogP contribution in [0.15, 0.2) is 23.1 Å². The molecule has 0 spiro atoms. The number of rotatable bonds is 4. The Morgan fingerprint density at radius 2 is 1.81 bits per heavy atom. The number of nitrogens with two attached hydrogens (primary N) is 1. The quantitative estimate of drug-likeness (QED) is 0.816. The third-order valence-corrected chi connectivity index (χ3v) is 4.84. The van der Waals surface area contributed by atoms with Crippen LogP contribution in [-0.2, 0) is 10.0 Å². The molecule has 0 aromatic heterocycles. The molecule has 0 aliphatic carbocycles. The van der Waals surface area contributed by atoms with Crippen LogP contribution in [0, 0.1) is 6.92 Å². The number of sulfonamides is 1. The van der Waals surface area contributed by atoms with Crippen molar-refractivity contribution in [2.45, 2.75) is 25.7 Å². The van der Waals surface area contributed by atoms with E-state index in [9.17, 15) is 8.42 Å². The fraction of sp³-hybridized carbons (Fsp3) is 0.455. The smallest absolute Gasteiger partial charge is 0.243 e. The maximum absolute atomic E-state index is 12.2. The lowest BCUT2D eigenvalue weighted by Gasteiger charge is -2.20. The summed E-state index contributed by atoms with van der Waals surface area (Å²) in [7, 11) is -3.40. The van der Waals surface area contributed by atoms with E-state index in [0.717, 1.165) is 0 Å². The maximum atomic E-state index is 12.2. The van der Waals surface area contributed by atoms with E-state index in [1.165, 1.54) is 4.31 Å². The van der Waals surface area contributed by atoms with Crippen LogP contribution >= 0.6 is 0 Å². The zero-order valence-electron chi connectivity index (χ0n) is 9.90. The molecule has 2 N–H and O–H groups in total. The van der Waals surface area contributed by atoms with Crippen LogP contribution < -0.4 is 5.73 Å². The summed E-state index contributed by atoms with van der Waals surface area (Å²) in [6.45, 7) is 6.30. The van der Waals surface area contributed by atoms with Gasteiger partial charge in [-0.05, 0) is 24.6 Å². The first-order chi connectivity index (χ1) is 7.45. The summed E-state index contributed by atoms with van der Waals surface area (Å²) in [6.07, 6.45) is 0. The van der Waals surface area contributed by atoms with Crippen molar-refractivity contribution in [2.24, 2.45) is 0 Å². The molecule has 16 heavy (non-hydrogen) atoms. The number of hydrogen-bond donors (Lipinski definition) is 1. The van der Waals surface area contributed by atoms with E-state index < -0.39 is 10.0 Å². The van der Waals surface area contributed by atoms with Gasteiger partial charge in [0.2, 0.25) is 10.0 Å². The average molecular weight is 242 g/mol. The molecule has 0 fully saturated rings. The Morgan fingerprint density at radius 3 is 2.31 bits per heavy atom. The van der Waals surface area contributed by atoms with Crippen molar-refractivity contribution < 1.29 is 8.42 Å². The Labute approximate surface area is 97.1 Å². The Morgan fingerprint density at radius 1 is 1.25 bits per heavy atom. The lowest BCUT2D eigenvalue weighted by molar-refractivity contribution is 0.445. The SMILES string of the molecule is CCN(CC)S(=O)(=O)c1cccc(N)c1C. The molecule has 0 unspecified atom stereocenters. The second-order valence-corrected chi connectivity index (χ2v) is 5.47. The molecule has 0 saturated carbocycles. The molecule has 0 saturated heterocycles. The van der Waals surface area contributed by atoms with Crippen molar-refractivity contribution >= 4 is 15.7 Å². The Hall–Kier alpha value is -1.07. The minimum Gasteiger partial charge on any atom is -0.398 e. The van der Waals surface area contributed by atoms with Crippen LogP contribution in [0.25, 0.3) is 0 Å². The van der Waals surface area contributed by atoms with Crippen molar-refractivity contribution in [1.29, 1.82) is 0 Å². The highest BCUT2D eigenvalue weighted by Crippen LogP contribution is 2.23. The van der Waals surface area contributed by atoms with Gasteiger partial charge in [-0.2, -0.15) is 4.31 Å². The molecule has 1 aromatic carbocycles. The van der Waals surface area contributed by atoms with E-state index in [4.69, 9.17) is 5.73 Å². The molecule has 1 aromatic rings. The Balaban J connectivity index is 3.33. The summed E-state index contributed by atoms with van der Waals surface area (Å²) in [5, 5.41) is 0. The summed E-state index contributed by atoms with van der Waals surface area (Å²) < 4.78 is 25.9. The molecular formula is C11H18N2O2S. The van der Waals surface area contributed by atoms with Gasteiger partial charge in [0, 0.05) is 18.8 Å². The predicted octanol–water partition coefficient (Wildman–Crippen LogP) is 1.61. The summed E-state index contributed by atoms with van der Waals surface area (Å²) >= 11 is 0. The predicted molar refractivity (Wildman–Crippen MR) is 65.7 cm³/mol. The lowest BCUT2D eigenvalue weighted by Crippen LogP contribution is -2.31. The van der Waals surface area contributed by atoms with E-state index in [2.05, 4.69) is 0 Å². The van der Waals surface area contributed by atoms with E-state index in [1.54, 1.807) is 25.1 Å². The molecule has 0 bridgehead atoms. The third-order valence-electron chi connectivity index (χ3n) is 2.65. The van der Waals surface area contributed by atoms with Crippen molar-refractivity contribution in [3.8, 4) is 0 Å². The Kier molecular flexibility index (Phi) is 3.93. The van der Waals surface area contributed by atoms with Crippen LogP contribution in [0.4, 0.5) is 5.69 Å². The second-order valence-electron chi connectivity index (χ2n) is 3.56. The molecular weight excluding hydrogens is 224 g/mol. The van der Waals surface area contributed by atoms with E-state index in [1.807, 2.05) is 13.8 Å². The van der Waals surface area contributed by atoms with Crippen molar-refractivity contribution in [1.82, 2.24) is 4.31 Å². The van der Waals surface area contributed by atoms with E-state index in [-0.39, 0.29) is 0 Å². The summed E-state index contributed by atoms with van der Waals surface area (Å²) in [5.41, 5.74) is 6.84. The minimum atomic E-state index is -3.40. The molecule has 0 aliphatic rings. The van der Waals surface area contributed by atoms with Crippen LogP contribution in [-0.4, -0.2) is 25.8 Å². The maximum Gasteiger partial charge on any atom is 0.243 e. The van der Waals surface area contributed by atoms with Crippen LogP contribution in [0.5, 0.6) is 0 Å². The highest BCUT2D eigenvalue weighted by Gasteiger charge is 2.23. The van der Waals surface area contributed by atoms with Crippen molar-refractivity contribution in [3.05, 3.63) is 23.8 Å². The van der Waals surface area contributed by atoms with Crippen LogP contribution in [0.2, 0.25) is 0 Å². The topological polar surface area (TPSA) is 63.4 Å². The molecule has 5 heteroatoms. The molecule has 0 aliphatic heterocycles. The molecule has 4 nitrogen and oxygen atoms in total. The van der Waals surface area contributed by atoms with Gasteiger partial charge in [0.05, 0.1) is 4.90 Å². The average Bonchev–Trinajstić information content (AvgIpc) is 2.23. The van der Waals surface area contributed by atoms with E-state index >= 15 is 0 Å². The van der Waals surface area contributed by atoms with Crippen molar-refractivity contribution in [3.63, 3.8) is 0 Å². The minimum absolute atomic E-state index is 0.302. The molecule has 0 amide bonds. The van der Waals surface area contributed by atoms with Crippen LogP contribution in [0.1, 0.15) is 19.4 Å². The third kappa shape index (κ3) is 2.20. The van der Waals surface area contributed by atoms with Gasteiger partial charge in [-0.25, -0.2) is 8.42 Å². The highest BCUT2D eigenvalue weighted by molar-refractivity contribution is 7.89. The van der Waals surface area contributed by atoms with Crippen molar-refractivity contribution in [2.75, 3.05) is 18.8 Å². The lowest BCUT2D eigenvalue weighted by atomic mass is 10.2. The van der Waals surface area contributed by atoms with Gasteiger partial charge >= 0.3 is 0 Å². The number of nitrogen functional groups attached to an aromatic ring is 1. The normalized spacial score (nSPS) is 12.0. The zero-order valence-corrected chi connectivity index (χ0v) is 10.7. The molecule has 0 atom stereocenters. The standard InChI is InChI=1S/C11H18N2O2S/c1-4-13(5-2)16(14,15)11-8-6-7-10(12)9(11)3/h6-8H,4-5,12H2,1-3H3. The monoisotopic (exact) mass is 242 g/mol.